The van der Waals surface area contributed by atoms with E-state index in [0.717, 1.165) is 7.11 Å². The van der Waals surface area contributed by atoms with E-state index in [4.69, 9.17) is 17.0 Å². The SMILES string of the molecule is COC(=O)C(=O)C1=C(c2ccc(OC)cc2)NC(=S)N[C@H]1c1cccc(F)c1. The Morgan fingerprint density at radius 3 is 2.43 bits per heavy atom. The van der Waals surface area contributed by atoms with Gasteiger partial charge in [0.1, 0.15) is 11.6 Å². The summed E-state index contributed by atoms with van der Waals surface area (Å²) < 4.78 is 23.6. The van der Waals surface area contributed by atoms with E-state index < -0.39 is 23.6 Å². The molecule has 1 atom stereocenters. The summed E-state index contributed by atoms with van der Waals surface area (Å²) in [5.74, 6) is -1.73. The van der Waals surface area contributed by atoms with Crippen molar-refractivity contribution in [3.05, 3.63) is 71.0 Å². The van der Waals surface area contributed by atoms with Gasteiger partial charge in [-0.05, 0) is 59.7 Å². The molecule has 28 heavy (non-hydrogen) atoms. The number of hydrogen-bond donors (Lipinski definition) is 2. The topological polar surface area (TPSA) is 76.7 Å². The van der Waals surface area contributed by atoms with Gasteiger partial charge >= 0.3 is 5.97 Å². The Kier molecular flexibility index (Phi) is 5.70. The number of rotatable bonds is 5. The van der Waals surface area contributed by atoms with Crippen molar-refractivity contribution >= 4 is 34.8 Å². The highest BCUT2D eigenvalue weighted by Crippen LogP contribution is 2.32. The number of hydrogen-bond acceptors (Lipinski definition) is 5. The fourth-order valence-electron chi connectivity index (χ4n) is 2.93. The number of carbonyl (C=O) groups excluding carboxylic acids is 2. The van der Waals surface area contributed by atoms with Crippen LogP contribution in [0.5, 0.6) is 5.75 Å². The lowest BCUT2D eigenvalue weighted by atomic mass is 9.90. The molecular weight excluding hydrogens is 383 g/mol. The lowest BCUT2D eigenvalue weighted by Crippen LogP contribution is -2.46. The van der Waals surface area contributed by atoms with E-state index in [1.165, 1.54) is 18.2 Å². The summed E-state index contributed by atoms with van der Waals surface area (Å²) in [6, 6.07) is 11.8. The van der Waals surface area contributed by atoms with Crippen molar-refractivity contribution in [1.82, 2.24) is 10.6 Å². The second kappa shape index (κ2) is 8.18. The molecule has 8 heteroatoms. The first kappa shape index (κ1) is 19.5. The van der Waals surface area contributed by atoms with Crippen molar-refractivity contribution in [2.24, 2.45) is 0 Å². The number of methoxy groups -OCH3 is 2. The first-order chi connectivity index (χ1) is 13.4. The maximum absolute atomic E-state index is 13.8. The number of halogens is 1. The first-order valence-electron chi connectivity index (χ1n) is 8.28. The van der Waals surface area contributed by atoms with Crippen molar-refractivity contribution in [2.75, 3.05) is 14.2 Å². The average molecular weight is 400 g/mol. The van der Waals surface area contributed by atoms with Crippen LogP contribution in [-0.4, -0.2) is 31.1 Å². The van der Waals surface area contributed by atoms with E-state index in [2.05, 4.69) is 15.4 Å². The Balaban J connectivity index is 2.21. The van der Waals surface area contributed by atoms with Gasteiger partial charge < -0.3 is 20.1 Å². The van der Waals surface area contributed by atoms with E-state index in [0.29, 0.717) is 22.6 Å². The third-order valence-corrected chi connectivity index (χ3v) is 4.47. The number of esters is 1. The first-order valence-corrected chi connectivity index (χ1v) is 8.69. The molecule has 0 fully saturated rings. The zero-order valence-corrected chi connectivity index (χ0v) is 15.9. The van der Waals surface area contributed by atoms with Crippen LogP contribution in [-0.2, 0) is 14.3 Å². The minimum absolute atomic E-state index is 0.0798. The molecule has 0 aliphatic carbocycles. The van der Waals surface area contributed by atoms with Crippen molar-refractivity contribution in [3.8, 4) is 5.75 Å². The summed E-state index contributed by atoms with van der Waals surface area (Å²) in [6.45, 7) is 0. The maximum Gasteiger partial charge on any atom is 0.379 e. The highest BCUT2D eigenvalue weighted by molar-refractivity contribution is 7.80. The molecule has 2 N–H and O–H groups in total. The smallest absolute Gasteiger partial charge is 0.379 e. The van der Waals surface area contributed by atoms with E-state index in [1.807, 2.05) is 0 Å². The van der Waals surface area contributed by atoms with Gasteiger partial charge in [0.05, 0.1) is 31.5 Å². The molecule has 3 rings (SSSR count). The molecule has 144 valence electrons. The zero-order chi connectivity index (χ0) is 20.3. The van der Waals surface area contributed by atoms with Gasteiger partial charge in [-0.3, -0.25) is 4.79 Å². The van der Waals surface area contributed by atoms with Crippen LogP contribution in [0.2, 0.25) is 0 Å². The van der Waals surface area contributed by atoms with Crippen molar-refractivity contribution in [2.45, 2.75) is 6.04 Å². The highest BCUT2D eigenvalue weighted by atomic mass is 32.1. The van der Waals surface area contributed by atoms with Gasteiger partial charge in [0.15, 0.2) is 5.11 Å². The molecule has 0 bridgehead atoms. The van der Waals surface area contributed by atoms with Crippen LogP contribution in [0, 0.1) is 5.82 Å². The summed E-state index contributed by atoms with van der Waals surface area (Å²) in [5.41, 5.74) is 1.48. The van der Waals surface area contributed by atoms with Gasteiger partial charge in [0, 0.05) is 0 Å². The Hall–Kier alpha value is -3.26. The molecule has 0 aromatic heterocycles. The molecule has 0 radical (unpaired) electrons. The second-order valence-electron chi connectivity index (χ2n) is 5.92. The number of carbonyl (C=O) groups is 2. The third-order valence-electron chi connectivity index (χ3n) is 4.25. The fraction of sp³-hybridized carbons (Fsp3) is 0.150. The summed E-state index contributed by atoms with van der Waals surface area (Å²) in [6.07, 6.45) is 0. The van der Waals surface area contributed by atoms with Crippen molar-refractivity contribution in [3.63, 3.8) is 0 Å². The van der Waals surface area contributed by atoms with E-state index >= 15 is 0 Å². The summed E-state index contributed by atoms with van der Waals surface area (Å²) in [7, 11) is 2.66. The molecule has 0 spiro atoms. The van der Waals surface area contributed by atoms with Crippen LogP contribution in [0.1, 0.15) is 17.2 Å². The molecule has 2 aromatic carbocycles. The Morgan fingerprint density at radius 1 is 1.11 bits per heavy atom. The minimum atomic E-state index is -1.03. The number of ketones is 1. The molecular formula is C20H17FN2O4S. The second-order valence-corrected chi connectivity index (χ2v) is 6.33. The molecule has 0 saturated carbocycles. The van der Waals surface area contributed by atoms with Crippen LogP contribution in [0.3, 0.4) is 0 Å². The Labute approximate surface area is 166 Å². The lowest BCUT2D eigenvalue weighted by Gasteiger charge is -2.31. The maximum atomic E-state index is 13.8. The zero-order valence-electron chi connectivity index (χ0n) is 15.1. The van der Waals surface area contributed by atoms with Crippen molar-refractivity contribution in [1.29, 1.82) is 0 Å². The number of ether oxygens (including phenoxy) is 2. The standard InChI is InChI=1S/C20H17FN2O4S/c1-26-14-8-6-11(7-9-14)16-15(18(24)19(25)27-2)17(23-20(28)22-16)12-4-3-5-13(21)10-12/h3-10,17H,1-2H3,(H2,22,23,28)/t17-/m0/s1. The minimum Gasteiger partial charge on any atom is -0.497 e. The number of thiocarbonyl (C=S) groups is 1. The van der Waals surface area contributed by atoms with Gasteiger partial charge in [-0.25, -0.2) is 9.18 Å². The Bertz CT molecular complexity index is 972. The molecule has 1 aliphatic heterocycles. The summed E-state index contributed by atoms with van der Waals surface area (Å²) in [5, 5.41) is 6.10. The third kappa shape index (κ3) is 3.86. The molecule has 0 saturated heterocycles. The molecule has 1 aliphatic rings. The summed E-state index contributed by atoms with van der Waals surface area (Å²) >= 11 is 5.27. The number of nitrogens with one attached hydrogen (secondary N) is 2. The van der Waals surface area contributed by atoms with Crippen LogP contribution >= 0.6 is 12.2 Å². The van der Waals surface area contributed by atoms with Crippen LogP contribution in [0.15, 0.2) is 54.1 Å². The molecule has 0 unspecified atom stereocenters. The van der Waals surface area contributed by atoms with Crippen molar-refractivity contribution < 1.29 is 23.5 Å². The predicted molar refractivity (Wildman–Crippen MR) is 105 cm³/mol. The molecule has 2 aromatic rings. The summed E-state index contributed by atoms with van der Waals surface area (Å²) in [4.78, 5) is 24.9. The average Bonchev–Trinajstić information content (AvgIpc) is 2.72. The fourth-order valence-corrected chi connectivity index (χ4v) is 3.15. The van der Waals surface area contributed by atoms with Crippen LogP contribution in [0.4, 0.5) is 4.39 Å². The van der Waals surface area contributed by atoms with Crippen LogP contribution < -0.4 is 15.4 Å². The molecule has 6 nitrogen and oxygen atoms in total. The van der Waals surface area contributed by atoms with Gasteiger partial charge in [0.25, 0.3) is 5.78 Å². The Morgan fingerprint density at radius 2 is 1.82 bits per heavy atom. The molecule has 0 amide bonds. The largest absolute Gasteiger partial charge is 0.497 e. The number of benzene rings is 2. The number of Topliss-reactive ketones (excluding diaryl/α,β-unsaturated/α-hetero) is 1. The van der Waals surface area contributed by atoms with Gasteiger partial charge in [-0.15, -0.1) is 0 Å². The highest BCUT2D eigenvalue weighted by Gasteiger charge is 2.35. The lowest BCUT2D eigenvalue weighted by molar-refractivity contribution is -0.150. The van der Waals surface area contributed by atoms with E-state index in [9.17, 15) is 14.0 Å². The van der Waals surface area contributed by atoms with Gasteiger partial charge in [-0.1, -0.05) is 12.1 Å². The normalized spacial score (nSPS) is 16.1. The molecule has 1 heterocycles. The van der Waals surface area contributed by atoms with Gasteiger partial charge in [0.2, 0.25) is 0 Å². The van der Waals surface area contributed by atoms with Gasteiger partial charge in [-0.2, -0.15) is 0 Å². The predicted octanol–water partition coefficient (Wildman–Crippen LogP) is 2.51. The quantitative estimate of drug-likeness (QED) is 0.454. The monoisotopic (exact) mass is 400 g/mol. The van der Waals surface area contributed by atoms with E-state index in [1.54, 1.807) is 37.4 Å². The van der Waals surface area contributed by atoms with E-state index in [-0.39, 0.29) is 10.7 Å². The van der Waals surface area contributed by atoms with Crippen LogP contribution in [0.25, 0.3) is 5.70 Å².